The van der Waals surface area contributed by atoms with Crippen LogP contribution >= 0.6 is 0 Å². The smallest absolute Gasteiger partial charge is 0.223 e. The lowest BCUT2D eigenvalue weighted by atomic mass is 9.70. The molecule has 2 aliphatic rings. The van der Waals surface area contributed by atoms with Crippen molar-refractivity contribution < 1.29 is 9.90 Å². The molecular weight excluding hydrogens is 360 g/mol. The van der Waals surface area contributed by atoms with Crippen LogP contribution in [-0.2, 0) is 17.6 Å². The van der Waals surface area contributed by atoms with E-state index in [1.807, 2.05) is 24.4 Å². The van der Waals surface area contributed by atoms with Gasteiger partial charge >= 0.3 is 0 Å². The van der Waals surface area contributed by atoms with Gasteiger partial charge in [0.1, 0.15) is 0 Å². The molecule has 150 valence electrons. The highest BCUT2D eigenvalue weighted by Gasteiger charge is 2.56. The molecule has 4 heteroatoms. The third kappa shape index (κ3) is 3.16. The van der Waals surface area contributed by atoms with Crippen LogP contribution in [0.3, 0.4) is 0 Å². The molecule has 0 saturated carbocycles. The number of aromatic nitrogens is 1. The normalized spacial score (nSPS) is 25.8. The van der Waals surface area contributed by atoms with E-state index < -0.39 is 0 Å². The number of carbonyl (C=O) groups excluding carboxylic acids is 1. The van der Waals surface area contributed by atoms with Crippen LogP contribution in [0.5, 0.6) is 0 Å². The first-order valence-corrected chi connectivity index (χ1v) is 10.7. The van der Waals surface area contributed by atoms with E-state index >= 15 is 0 Å². The summed E-state index contributed by atoms with van der Waals surface area (Å²) >= 11 is 0. The average Bonchev–Trinajstić information content (AvgIpc) is 3.44. The van der Waals surface area contributed by atoms with Crippen molar-refractivity contribution in [1.82, 2.24) is 9.88 Å². The van der Waals surface area contributed by atoms with E-state index in [0.717, 1.165) is 37.6 Å². The van der Waals surface area contributed by atoms with Crippen molar-refractivity contribution in [3.63, 3.8) is 0 Å². The van der Waals surface area contributed by atoms with Crippen molar-refractivity contribution in [3.05, 3.63) is 71.9 Å². The van der Waals surface area contributed by atoms with Crippen LogP contribution in [0.25, 0.3) is 10.9 Å². The van der Waals surface area contributed by atoms with E-state index in [4.69, 9.17) is 0 Å². The number of fused-ring (bicyclic) bond motifs is 3. The fraction of sp³-hybridized carbons (Fsp3) is 0.400. The number of benzene rings is 2. The number of aliphatic hydroxyl groups is 1. The lowest BCUT2D eigenvalue weighted by Crippen LogP contribution is -2.44. The third-order valence-corrected chi connectivity index (χ3v) is 7.14. The first-order valence-electron chi connectivity index (χ1n) is 10.7. The Morgan fingerprint density at radius 3 is 2.72 bits per heavy atom. The number of hydrogen-bond donors (Lipinski definition) is 2. The van der Waals surface area contributed by atoms with E-state index in [0.29, 0.717) is 6.42 Å². The van der Waals surface area contributed by atoms with Gasteiger partial charge in [-0.05, 0) is 49.3 Å². The van der Waals surface area contributed by atoms with Crippen LogP contribution in [0, 0.1) is 5.41 Å². The second-order valence-corrected chi connectivity index (χ2v) is 8.79. The number of carbonyl (C=O) groups is 1. The summed E-state index contributed by atoms with van der Waals surface area (Å²) in [5.74, 6) is 0.242. The minimum absolute atomic E-state index is 0.148. The highest BCUT2D eigenvalue weighted by molar-refractivity contribution is 5.84. The number of nitrogens with one attached hydrogen (secondary N) is 1. The Balaban J connectivity index is 1.31. The van der Waals surface area contributed by atoms with Crippen molar-refractivity contribution in [2.45, 2.75) is 50.6 Å². The van der Waals surface area contributed by atoms with Crippen molar-refractivity contribution in [3.8, 4) is 0 Å². The molecule has 2 aliphatic heterocycles. The molecule has 0 radical (unpaired) electrons. The standard InChI is InChI=1S/C25H28N2O2/c28-17-25(14-18-6-2-1-3-7-18)15-20-11-12-23(25)27(20)24(29)13-10-19-16-26-22-9-5-4-8-21(19)22/h1-9,16,20,23,26,28H,10-15,17H2/t20-,23+,25-/m0/s1. The van der Waals surface area contributed by atoms with Crippen LogP contribution in [0.15, 0.2) is 60.8 Å². The van der Waals surface area contributed by atoms with Gasteiger partial charge in [0.05, 0.1) is 6.61 Å². The molecule has 0 unspecified atom stereocenters. The molecule has 2 N–H and O–H groups in total. The lowest BCUT2D eigenvalue weighted by molar-refractivity contribution is -0.133. The van der Waals surface area contributed by atoms with Gasteiger partial charge in [0, 0.05) is 41.0 Å². The second kappa shape index (κ2) is 7.34. The number of amides is 1. The zero-order valence-electron chi connectivity index (χ0n) is 16.7. The SMILES string of the molecule is O=C(CCc1c[nH]c2ccccc12)N1[C@H]2CC[C@@H]1[C@@](CO)(Cc1ccccc1)C2. The summed E-state index contributed by atoms with van der Waals surface area (Å²) in [6, 6.07) is 19.1. The topological polar surface area (TPSA) is 56.3 Å². The van der Waals surface area contributed by atoms with E-state index in [1.165, 1.54) is 16.5 Å². The summed E-state index contributed by atoms with van der Waals surface area (Å²) in [6.07, 6.45) is 7.16. The van der Waals surface area contributed by atoms with E-state index in [9.17, 15) is 9.90 Å². The maximum Gasteiger partial charge on any atom is 0.223 e. The molecule has 29 heavy (non-hydrogen) atoms. The van der Waals surface area contributed by atoms with Gasteiger partial charge in [-0.25, -0.2) is 0 Å². The summed E-state index contributed by atoms with van der Waals surface area (Å²) in [5, 5.41) is 11.6. The number of hydrogen-bond acceptors (Lipinski definition) is 2. The zero-order chi connectivity index (χ0) is 19.8. The summed E-state index contributed by atoms with van der Waals surface area (Å²) in [5.41, 5.74) is 3.39. The van der Waals surface area contributed by atoms with Gasteiger partial charge in [-0.2, -0.15) is 0 Å². The quantitative estimate of drug-likeness (QED) is 0.668. The van der Waals surface area contributed by atoms with Gasteiger partial charge < -0.3 is 15.0 Å². The molecule has 0 aliphatic carbocycles. The van der Waals surface area contributed by atoms with Crippen LogP contribution in [0.4, 0.5) is 0 Å². The Morgan fingerprint density at radius 1 is 1.10 bits per heavy atom. The van der Waals surface area contributed by atoms with Gasteiger partial charge in [0.2, 0.25) is 5.91 Å². The molecule has 2 fully saturated rings. The molecule has 4 nitrogen and oxygen atoms in total. The number of para-hydroxylation sites is 1. The van der Waals surface area contributed by atoms with Gasteiger partial charge in [0.15, 0.2) is 0 Å². The summed E-state index contributed by atoms with van der Waals surface area (Å²) in [4.78, 5) is 18.7. The molecule has 1 aromatic heterocycles. The van der Waals surface area contributed by atoms with Crippen LogP contribution < -0.4 is 0 Å². The lowest BCUT2D eigenvalue weighted by Gasteiger charge is -2.36. The minimum atomic E-state index is -0.194. The third-order valence-electron chi connectivity index (χ3n) is 7.14. The number of aryl methyl sites for hydroxylation is 1. The molecular formula is C25H28N2O2. The number of aromatic amines is 1. The molecule has 3 heterocycles. The molecule has 5 rings (SSSR count). The number of rotatable bonds is 6. The molecule has 2 saturated heterocycles. The van der Waals surface area contributed by atoms with Gasteiger partial charge in [-0.3, -0.25) is 4.79 Å². The van der Waals surface area contributed by atoms with Crippen molar-refractivity contribution in [2.24, 2.45) is 5.41 Å². The number of nitrogens with zero attached hydrogens (tertiary/aromatic N) is 1. The predicted octanol–water partition coefficient (Wildman–Crippen LogP) is 4.09. The maximum atomic E-state index is 13.2. The van der Waals surface area contributed by atoms with Gasteiger partial charge in [0.25, 0.3) is 0 Å². The second-order valence-electron chi connectivity index (χ2n) is 8.79. The Kier molecular flexibility index (Phi) is 4.67. The van der Waals surface area contributed by atoms with Crippen LogP contribution in [0.1, 0.15) is 36.8 Å². The van der Waals surface area contributed by atoms with E-state index in [1.54, 1.807) is 0 Å². The molecule has 3 aromatic rings. The van der Waals surface area contributed by atoms with Gasteiger partial charge in [-0.1, -0.05) is 48.5 Å². The largest absolute Gasteiger partial charge is 0.396 e. The Bertz CT molecular complexity index is 1010. The first kappa shape index (κ1) is 18.4. The molecule has 1 amide bonds. The fourth-order valence-corrected chi connectivity index (χ4v) is 5.79. The van der Waals surface area contributed by atoms with E-state index in [-0.39, 0.29) is 30.0 Å². The highest BCUT2D eigenvalue weighted by atomic mass is 16.3. The van der Waals surface area contributed by atoms with Crippen LogP contribution in [0.2, 0.25) is 0 Å². The summed E-state index contributed by atoms with van der Waals surface area (Å²) in [6.45, 7) is 0.148. The molecule has 2 aromatic carbocycles. The predicted molar refractivity (Wildman–Crippen MR) is 115 cm³/mol. The molecule has 2 bridgehead atoms. The highest BCUT2D eigenvalue weighted by Crippen LogP contribution is 2.51. The van der Waals surface area contributed by atoms with Crippen molar-refractivity contribution >= 4 is 16.8 Å². The minimum Gasteiger partial charge on any atom is -0.396 e. The van der Waals surface area contributed by atoms with Gasteiger partial charge in [-0.15, -0.1) is 0 Å². The Hall–Kier alpha value is -2.59. The Labute approximate surface area is 171 Å². The van der Waals surface area contributed by atoms with Crippen molar-refractivity contribution in [2.75, 3.05) is 6.61 Å². The average molecular weight is 389 g/mol. The first-order chi connectivity index (χ1) is 14.2. The number of H-pyrrole nitrogens is 1. The fourth-order valence-electron chi connectivity index (χ4n) is 5.79. The maximum absolute atomic E-state index is 13.2. The Morgan fingerprint density at radius 2 is 1.90 bits per heavy atom. The molecule has 0 spiro atoms. The molecule has 3 atom stereocenters. The van der Waals surface area contributed by atoms with Crippen LogP contribution in [-0.4, -0.2) is 39.6 Å². The number of aliphatic hydroxyl groups excluding tert-OH is 1. The summed E-state index contributed by atoms with van der Waals surface area (Å²) in [7, 11) is 0. The zero-order valence-corrected chi connectivity index (χ0v) is 16.7. The van der Waals surface area contributed by atoms with Crippen molar-refractivity contribution in [1.29, 1.82) is 0 Å². The van der Waals surface area contributed by atoms with E-state index in [2.05, 4.69) is 46.3 Å². The summed E-state index contributed by atoms with van der Waals surface area (Å²) < 4.78 is 0. The monoisotopic (exact) mass is 388 g/mol.